The third kappa shape index (κ3) is 1.73. The van der Waals surface area contributed by atoms with E-state index in [-0.39, 0.29) is 0 Å². The average molecular weight is 212 g/mol. The Kier molecular flexibility index (Phi) is 3.04. The predicted octanol–water partition coefficient (Wildman–Crippen LogP) is 3.78. The van der Waals surface area contributed by atoms with Gasteiger partial charge in [-0.3, -0.25) is 4.79 Å². The van der Waals surface area contributed by atoms with Gasteiger partial charge in [0.2, 0.25) is 0 Å². The molecule has 0 saturated heterocycles. The lowest BCUT2D eigenvalue weighted by Gasteiger charge is -2.09. The maximum absolute atomic E-state index is 10.8. The van der Waals surface area contributed by atoms with Crippen LogP contribution in [0.15, 0.2) is 30.3 Å². The van der Waals surface area contributed by atoms with Crippen molar-refractivity contribution in [3.05, 3.63) is 47.0 Å². The molecule has 2 rings (SSSR count). The van der Waals surface area contributed by atoms with Crippen LogP contribution in [-0.2, 0) is 12.8 Å². The first-order valence-corrected chi connectivity index (χ1v) is 5.79. The highest BCUT2D eigenvalue weighted by molar-refractivity contribution is 5.93. The molecule has 0 bridgehead atoms. The SMILES string of the molecule is CCc1ccc(CC)c2cc(C=O)ccc12. The molecule has 0 heterocycles. The minimum absolute atomic E-state index is 0.760. The molecule has 0 aromatic heterocycles. The number of aryl methyl sites for hydroxylation is 2. The lowest BCUT2D eigenvalue weighted by atomic mass is 9.95. The molecule has 16 heavy (non-hydrogen) atoms. The molecule has 0 spiro atoms. The van der Waals surface area contributed by atoms with Gasteiger partial charge < -0.3 is 0 Å². The highest BCUT2D eigenvalue weighted by Gasteiger charge is 2.04. The van der Waals surface area contributed by atoms with Crippen molar-refractivity contribution in [1.82, 2.24) is 0 Å². The van der Waals surface area contributed by atoms with Gasteiger partial charge in [0.1, 0.15) is 6.29 Å². The lowest BCUT2D eigenvalue weighted by Crippen LogP contribution is -1.91. The Labute approximate surface area is 96.1 Å². The molecule has 1 heteroatoms. The zero-order valence-electron chi connectivity index (χ0n) is 9.79. The van der Waals surface area contributed by atoms with E-state index in [4.69, 9.17) is 0 Å². The van der Waals surface area contributed by atoms with E-state index >= 15 is 0 Å². The second-order valence-electron chi connectivity index (χ2n) is 4.01. The molecule has 0 amide bonds. The van der Waals surface area contributed by atoms with E-state index in [0.29, 0.717) is 0 Å². The van der Waals surface area contributed by atoms with Crippen LogP contribution >= 0.6 is 0 Å². The van der Waals surface area contributed by atoms with Gasteiger partial charge in [0.15, 0.2) is 0 Å². The summed E-state index contributed by atoms with van der Waals surface area (Å²) in [5.41, 5.74) is 3.43. The summed E-state index contributed by atoms with van der Waals surface area (Å²) in [6, 6.07) is 10.3. The fourth-order valence-corrected chi connectivity index (χ4v) is 2.18. The van der Waals surface area contributed by atoms with Gasteiger partial charge in [0.05, 0.1) is 0 Å². The molecule has 0 atom stereocenters. The number of hydrogen-bond acceptors (Lipinski definition) is 1. The number of hydrogen-bond donors (Lipinski definition) is 0. The Morgan fingerprint density at radius 1 is 0.938 bits per heavy atom. The summed E-state index contributed by atoms with van der Waals surface area (Å²) in [7, 11) is 0. The molecule has 0 fully saturated rings. The number of rotatable bonds is 3. The van der Waals surface area contributed by atoms with Crippen molar-refractivity contribution in [2.45, 2.75) is 26.7 Å². The van der Waals surface area contributed by atoms with E-state index in [1.54, 1.807) is 0 Å². The summed E-state index contributed by atoms with van der Waals surface area (Å²) in [5, 5.41) is 2.51. The molecule has 2 aromatic rings. The molecule has 0 unspecified atom stereocenters. The maximum Gasteiger partial charge on any atom is 0.150 e. The van der Waals surface area contributed by atoms with Gasteiger partial charge in [-0.15, -0.1) is 0 Å². The topological polar surface area (TPSA) is 17.1 Å². The maximum atomic E-state index is 10.8. The van der Waals surface area contributed by atoms with Crippen LogP contribution in [0.25, 0.3) is 10.8 Å². The molecule has 82 valence electrons. The van der Waals surface area contributed by atoms with Gasteiger partial charge in [0.25, 0.3) is 0 Å². The van der Waals surface area contributed by atoms with Crippen LogP contribution < -0.4 is 0 Å². The van der Waals surface area contributed by atoms with Crippen LogP contribution in [0.4, 0.5) is 0 Å². The van der Waals surface area contributed by atoms with Crippen molar-refractivity contribution in [3.63, 3.8) is 0 Å². The molecule has 0 radical (unpaired) electrons. The van der Waals surface area contributed by atoms with E-state index in [1.807, 2.05) is 12.1 Å². The zero-order chi connectivity index (χ0) is 11.5. The molecular formula is C15H16O. The van der Waals surface area contributed by atoms with Crippen LogP contribution in [0, 0.1) is 0 Å². The standard InChI is InChI=1S/C15H16O/c1-3-12-6-7-13(4-2)15-9-11(10-16)5-8-14(12)15/h5-10H,3-4H2,1-2H3. The Hall–Kier alpha value is -1.63. The first-order chi connectivity index (χ1) is 7.80. The minimum atomic E-state index is 0.760. The molecule has 0 aliphatic carbocycles. The molecule has 2 aromatic carbocycles. The Morgan fingerprint density at radius 3 is 2.12 bits per heavy atom. The van der Waals surface area contributed by atoms with Gasteiger partial charge in [-0.25, -0.2) is 0 Å². The van der Waals surface area contributed by atoms with Gasteiger partial charge in [-0.05, 0) is 40.8 Å². The van der Waals surface area contributed by atoms with Crippen LogP contribution in [-0.4, -0.2) is 6.29 Å². The number of carbonyl (C=O) groups excluding carboxylic acids is 1. The predicted molar refractivity (Wildman–Crippen MR) is 68.1 cm³/mol. The smallest absolute Gasteiger partial charge is 0.150 e. The highest BCUT2D eigenvalue weighted by Crippen LogP contribution is 2.24. The fourth-order valence-electron chi connectivity index (χ4n) is 2.18. The first-order valence-electron chi connectivity index (χ1n) is 5.79. The highest BCUT2D eigenvalue weighted by atomic mass is 16.1. The number of fused-ring (bicyclic) bond motifs is 1. The third-order valence-electron chi connectivity index (χ3n) is 3.12. The summed E-state index contributed by atoms with van der Waals surface area (Å²) >= 11 is 0. The molecule has 0 N–H and O–H groups in total. The Balaban J connectivity index is 2.79. The van der Waals surface area contributed by atoms with Gasteiger partial charge in [-0.2, -0.15) is 0 Å². The molecule has 0 aliphatic rings. The van der Waals surface area contributed by atoms with Crippen molar-refractivity contribution in [3.8, 4) is 0 Å². The normalized spacial score (nSPS) is 10.6. The monoisotopic (exact) mass is 212 g/mol. The lowest BCUT2D eigenvalue weighted by molar-refractivity contribution is 0.112. The molecule has 0 saturated carbocycles. The van der Waals surface area contributed by atoms with E-state index in [2.05, 4.69) is 32.0 Å². The van der Waals surface area contributed by atoms with Gasteiger partial charge in [0, 0.05) is 5.56 Å². The number of aldehydes is 1. The first kappa shape index (κ1) is 10.9. The number of benzene rings is 2. The van der Waals surface area contributed by atoms with E-state index < -0.39 is 0 Å². The summed E-state index contributed by atoms with van der Waals surface area (Å²) in [6.45, 7) is 4.31. The van der Waals surface area contributed by atoms with E-state index in [9.17, 15) is 4.79 Å². The van der Waals surface area contributed by atoms with Crippen molar-refractivity contribution in [2.24, 2.45) is 0 Å². The van der Waals surface area contributed by atoms with Crippen LogP contribution in [0.2, 0.25) is 0 Å². The van der Waals surface area contributed by atoms with Crippen LogP contribution in [0.3, 0.4) is 0 Å². The summed E-state index contributed by atoms with van der Waals surface area (Å²) in [6.07, 6.45) is 2.95. The van der Waals surface area contributed by atoms with E-state index in [1.165, 1.54) is 21.9 Å². The largest absolute Gasteiger partial charge is 0.298 e. The van der Waals surface area contributed by atoms with Gasteiger partial charge >= 0.3 is 0 Å². The Morgan fingerprint density at radius 2 is 1.56 bits per heavy atom. The molecular weight excluding hydrogens is 196 g/mol. The van der Waals surface area contributed by atoms with Crippen LogP contribution in [0.5, 0.6) is 0 Å². The van der Waals surface area contributed by atoms with Gasteiger partial charge in [-0.1, -0.05) is 38.1 Å². The van der Waals surface area contributed by atoms with Crippen LogP contribution in [0.1, 0.15) is 35.3 Å². The number of carbonyl (C=O) groups is 1. The summed E-state index contributed by atoms with van der Waals surface area (Å²) in [4.78, 5) is 10.8. The van der Waals surface area contributed by atoms with Crippen molar-refractivity contribution >= 4 is 17.1 Å². The van der Waals surface area contributed by atoms with Crippen molar-refractivity contribution in [2.75, 3.05) is 0 Å². The fraction of sp³-hybridized carbons (Fsp3) is 0.267. The Bertz CT molecular complexity index is 526. The summed E-state index contributed by atoms with van der Waals surface area (Å²) in [5.74, 6) is 0. The second-order valence-corrected chi connectivity index (χ2v) is 4.01. The van der Waals surface area contributed by atoms with Crippen molar-refractivity contribution in [1.29, 1.82) is 0 Å². The molecule has 1 nitrogen and oxygen atoms in total. The van der Waals surface area contributed by atoms with E-state index in [0.717, 1.165) is 24.7 Å². The second kappa shape index (κ2) is 4.48. The molecule has 0 aliphatic heterocycles. The third-order valence-corrected chi connectivity index (χ3v) is 3.12. The quantitative estimate of drug-likeness (QED) is 0.708. The van der Waals surface area contributed by atoms with Crippen molar-refractivity contribution < 1.29 is 4.79 Å². The average Bonchev–Trinajstić information content (AvgIpc) is 2.36. The minimum Gasteiger partial charge on any atom is -0.298 e. The zero-order valence-corrected chi connectivity index (χ0v) is 9.79. The summed E-state index contributed by atoms with van der Waals surface area (Å²) < 4.78 is 0.